The van der Waals surface area contributed by atoms with Crippen LogP contribution in [0.5, 0.6) is 0 Å². The van der Waals surface area contributed by atoms with Crippen LogP contribution in [0.2, 0.25) is 0 Å². The van der Waals surface area contributed by atoms with E-state index in [2.05, 4.69) is 51.6 Å². The molecule has 33 heavy (non-hydrogen) atoms. The Labute approximate surface area is 205 Å². The molecule has 0 radical (unpaired) electrons. The summed E-state index contributed by atoms with van der Waals surface area (Å²) in [7, 11) is 0. The molecule has 0 bridgehead atoms. The van der Waals surface area contributed by atoms with E-state index in [1.165, 1.54) is 0 Å². The molecular formula is C23H26IN7O2. The molecule has 172 valence electrons. The summed E-state index contributed by atoms with van der Waals surface area (Å²) in [6, 6.07) is 6.88. The molecule has 6 rings (SSSR count). The number of morpholine rings is 1. The number of anilines is 1. The Kier molecular flexibility index (Phi) is 5.31. The minimum absolute atomic E-state index is 0.0930. The van der Waals surface area contributed by atoms with E-state index in [4.69, 9.17) is 19.6 Å². The molecule has 3 aliphatic rings. The normalized spacial score (nSPS) is 24.7. The number of halogens is 1. The van der Waals surface area contributed by atoms with E-state index < -0.39 is 5.41 Å². The molecule has 9 nitrogen and oxygen atoms in total. The Bertz CT molecular complexity index is 1240. The van der Waals surface area contributed by atoms with E-state index >= 15 is 0 Å². The Hall–Kier alpha value is -2.23. The molecule has 3 aromatic heterocycles. The van der Waals surface area contributed by atoms with Crippen molar-refractivity contribution in [1.29, 1.82) is 5.26 Å². The van der Waals surface area contributed by atoms with E-state index in [-0.39, 0.29) is 12.3 Å². The molecule has 3 aromatic rings. The number of hydrogen-bond donors (Lipinski definition) is 0. The Morgan fingerprint density at radius 2 is 2.15 bits per heavy atom. The number of ether oxygens (including phenoxy) is 2. The van der Waals surface area contributed by atoms with Crippen LogP contribution in [0.4, 0.5) is 5.82 Å². The SMILES string of the molecule is C[C@@H]1COCCN1c1cc(C2(C#N)CC2)c2c(I)nc(-c3ccnn3C3CCCCO3)n2n1. The van der Waals surface area contributed by atoms with E-state index in [1.807, 2.05) is 15.3 Å². The lowest BCUT2D eigenvalue weighted by atomic mass is 9.98. The van der Waals surface area contributed by atoms with Crippen molar-refractivity contribution in [2.45, 2.75) is 56.7 Å². The summed E-state index contributed by atoms with van der Waals surface area (Å²) in [4.78, 5) is 7.22. The second-order valence-electron chi connectivity index (χ2n) is 9.20. The van der Waals surface area contributed by atoms with Gasteiger partial charge in [-0.2, -0.15) is 10.4 Å². The van der Waals surface area contributed by atoms with Gasteiger partial charge in [0.25, 0.3) is 0 Å². The molecule has 2 aliphatic heterocycles. The largest absolute Gasteiger partial charge is 0.377 e. The zero-order valence-electron chi connectivity index (χ0n) is 18.6. The number of aromatic nitrogens is 5. The smallest absolute Gasteiger partial charge is 0.181 e. The summed E-state index contributed by atoms with van der Waals surface area (Å²) in [6.45, 7) is 5.00. The maximum atomic E-state index is 10.1. The summed E-state index contributed by atoms with van der Waals surface area (Å²) in [5.41, 5.74) is 2.37. The molecule has 5 heterocycles. The lowest BCUT2D eigenvalue weighted by Gasteiger charge is -2.34. The number of nitrogens with zero attached hydrogens (tertiary/aromatic N) is 7. The summed E-state index contributed by atoms with van der Waals surface area (Å²) < 4.78 is 16.4. The fourth-order valence-corrected chi connectivity index (χ4v) is 5.73. The molecule has 10 heteroatoms. The van der Waals surface area contributed by atoms with Gasteiger partial charge < -0.3 is 14.4 Å². The first-order chi connectivity index (χ1) is 16.1. The number of imidazole rings is 1. The highest BCUT2D eigenvalue weighted by molar-refractivity contribution is 14.1. The Morgan fingerprint density at radius 3 is 2.88 bits per heavy atom. The van der Waals surface area contributed by atoms with Crippen LogP contribution in [0, 0.1) is 15.0 Å². The third-order valence-electron chi connectivity index (χ3n) is 7.01. The van der Waals surface area contributed by atoms with Crippen LogP contribution in [0.25, 0.3) is 17.0 Å². The van der Waals surface area contributed by atoms with E-state index in [0.29, 0.717) is 13.2 Å². The molecule has 2 atom stereocenters. The van der Waals surface area contributed by atoms with Gasteiger partial charge in [-0.15, -0.1) is 5.10 Å². The van der Waals surface area contributed by atoms with Gasteiger partial charge >= 0.3 is 0 Å². The summed E-state index contributed by atoms with van der Waals surface area (Å²) >= 11 is 2.27. The van der Waals surface area contributed by atoms with Crippen LogP contribution in [0.15, 0.2) is 18.3 Å². The number of hydrogen-bond acceptors (Lipinski definition) is 7. The molecule has 0 amide bonds. The highest BCUT2D eigenvalue weighted by Crippen LogP contribution is 2.50. The second kappa shape index (κ2) is 8.21. The fourth-order valence-electron chi connectivity index (χ4n) is 4.98. The molecule has 3 fully saturated rings. The quantitative estimate of drug-likeness (QED) is 0.451. The topological polar surface area (TPSA) is 93.5 Å². The average Bonchev–Trinajstić information content (AvgIpc) is 3.37. The molecule has 1 unspecified atom stereocenters. The Balaban J connectivity index is 1.55. The summed E-state index contributed by atoms with van der Waals surface area (Å²) in [5, 5.41) is 19.7. The third-order valence-corrected chi connectivity index (χ3v) is 7.76. The first kappa shape index (κ1) is 21.3. The van der Waals surface area contributed by atoms with Gasteiger partial charge in [0.15, 0.2) is 12.1 Å². The van der Waals surface area contributed by atoms with Gasteiger partial charge in [0.05, 0.1) is 30.7 Å². The molecule has 1 aliphatic carbocycles. The van der Waals surface area contributed by atoms with Gasteiger partial charge in [0.2, 0.25) is 0 Å². The number of rotatable bonds is 4. The van der Waals surface area contributed by atoms with E-state index in [1.54, 1.807) is 6.20 Å². The predicted molar refractivity (Wildman–Crippen MR) is 130 cm³/mol. The van der Waals surface area contributed by atoms with Gasteiger partial charge in [-0.3, -0.25) is 0 Å². The van der Waals surface area contributed by atoms with Crippen molar-refractivity contribution in [2.24, 2.45) is 0 Å². The highest BCUT2D eigenvalue weighted by atomic mass is 127. The second-order valence-corrected chi connectivity index (χ2v) is 10.2. The molecule has 1 saturated carbocycles. The first-order valence-corrected chi connectivity index (χ1v) is 12.7. The zero-order chi connectivity index (χ0) is 22.6. The number of fused-ring (bicyclic) bond motifs is 1. The minimum atomic E-state index is -0.460. The van der Waals surface area contributed by atoms with Crippen molar-refractivity contribution in [1.82, 2.24) is 24.4 Å². The van der Waals surface area contributed by atoms with Crippen molar-refractivity contribution < 1.29 is 9.47 Å². The summed E-state index contributed by atoms with van der Waals surface area (Å²) in [6.07, 6.45) is 6.58. The van der Waals surface area contributed by atoms with E-state index in [0.717, 1.165) is 77.4 Å². The molecule has 2 saturated heterocycles. The van der Waals surface area contributed by atoms with E-state index in [9.17, 15) is 5.26 Å². The molecular weight excluding hydrogens is 533 g/mol. The summed E-state index contributed by atoms with van der Waals surface area (Å²) in [5.74, 6) is 1.60. The van der Waals surface area contributed by atoms with Gasteiger partial charge in [-0.05, 0) is 73.8 Å². The lowest BCUT2D eigenvalue weighted by molar-refractivity contribution is -0.0384. The zero-order valence-corrected chi connectivity index (χ0v) is 20.7. The third kappa shape index (κ3) is 3.52. The number of nitriles is 1. The van der Waals surface area contributed by atoms with Crippen molar-refractivity contribution in [3.05, 3.63) is 27.6 Å². The maximum absolute atomic E-state index is 10.1. The molecule has 0 spiro atoms. The molecule has 0 N–H and O–H groups in total. The van der Waals surface area contributed by atoms with Crippen LogP contribution in [-0.4, -0.2) is 56.8 Å². The highest BCUT2D eigenvalue weighted by Gasteiger charge is 2.47. The van der Waals surface area contributed by atoms with Crippen LogP contribution in [-0.2, 0) is 14.9 Å². The van der Waals surface area contributed by atoms with Crippen LogP contribution >= 0.6 is 22.6 Å². The van der Waals surface area contributed by atoms with Crippen LogP contribution in [0.3, 0.4) is 0 Å². The predicted octanol–water partition coefficient (Wildman–Crippen LogP) is 3.68. The van der Waals surface area contributed by atoms with Gasteiger partial charge in [0, 0.05) is 24.9 Å². The van der Waals surface area contributed by atoms with Crippen LogP contribution < -0.4 is 4.90 Å². The van der Waals surface area contributed by atoms with Crippen molar-refractivity contribution in [3.63, 3.8) is 0 Å². The van der Waals surface area contributed by atoms with Crippen molar-refractivity contribution >= 4 is 33.9 Å². The monoisotopic (exact) mass is 559 g/mol. The van der Waals surface area contributed by atoms with Crippen molar-refractivity contribution in [2.75, 3.05) is 31.3 Å². The van der Waals surface area contributed by atoms with Crippen LogP contribution in [0.1, 0.15) is 50.8 Å². The first-order valence-electron chi connectivity index (χ1n) is 11.6. The van der Waals surface area contributed by atoms with Gasteiger partial charge in [-0.1, -0.05) is 0 Å². The minimum Gasteiger partial charge on any atom is -0.377 e. The van der Waals surface area contributed by atoms with Gasteiger partial charge in [0.1, 0.15) is 20.7 Å². The lowest BCUT2D eigenvalue weighted by Crippen LogP contribution is -2.44. The molecule has 0 aromatic carbocycles. The van der Waals surface area contributed by atoms with Crippen molar-refractivity contribution in [3.8, 4) is 17.6 Å². The Morgan fingerprint density at radius 1 is 1.27 bits per heavy atom. The fraction of sp³-hybridized carbons (Fsp3) is 0.565. The maximum Gasteiger partial charge on any atom is 0.181 e. The standard InChI is InChI=1S/C23H26IN7O2/c1-15-13-32-11-9-29(15)18-12-16(23(14-25)6-7-23)20-21(24)27-22(31(20)28-18)17-5-8-26-30(17)19-4-2-3-10-33-19/h5,8,12,15,19H,2-4,6-7,9-11,13H2,1H3/t15-,19?/m1/s1. The van der Waals surface area contributed by atoms with Gasteiger partial charge in [-0.25, -0.2) is 14.2 Å². The average molecular weight is 559 g/mol.